The van der Waals surface area contributed by atoms with E-state index in [9.17, 15) is 4.79 Å². The van der Waals surface area contributed by atoms with Crippen LogP contribution in [0, 0.1) is 0 Å². The lowest BCUT2D eigenvalue weighted by Crippen LogP contribution is -2.35. The molecule has 0 aliphatic carbocycles. The molecule has 1 aliphatic heterocycles. The van der Waals surface area contributed by atoms with Crippen LogP contribution in [0.5, 0.6) is 0 Å². The highest BCUT2D eigenvalue weighted by Crippen LogP contribution is 2.24. The van der Waals surface area contributed by atoms with Gasteiger partial charge in [-0.15, -0.1) is 12.6 Å². The molecule has 0 saturated heterocycles. The van der Waals surface area contributed by atoms with E-state index in [4.69, 9.17) is 0 Å². The van der Waals surface area contributed by atoms with E-state index >= 15 is 0 Å². The molecule has 0 spiro atoms. The van der Waals surface area contributed by atoms with Gasteiger partial charge in [-0.2, -0.15) is 0 Å². The molecule has 0 saturated carbocycles. The van der Waals surface area contributed by atoms with Crippen molar-refractivity contribution in [3.63, 3.8) is 0 Å². The number of carbonyl (C=O) groups excluding carboxylic acids is 1. The Bertz CT molecular complexity index is 365. The molecule has 1 aromatic rings. The molecule has 13 heavy (non-hydrogen) atoms. The van der Waals surface area contributed by atoms with Crippen LogP contribution in [-0.2, 0) is 6.54 Å². The number of benzene rings is 1. The van der Waals surface area contributed by atoms with Gasteiger partial charge in [0.1, 0.15) is 0 Å². The Hall–Kier alpha value is -1.16. The number of urea groups is 1. The number of hydrogen-bond donors (Lipinski definition) is 2. The van der Waals surface area contributed by atoms with Gasteiger partial charge >= 0.3 is 6.03 Å². The van der Waals surface area contributed by atoms with E-state index in [1.165, 1.54) is 0 Å². The molecular formula is C9H10N2OS. The first-order chi connectivity index (χ1) is 6.16. The molecule has 0 bridgehead atoms. The van der Waals surface area contributed by atoms with Gasteiger partial charge in [0.05, 0.1) is 0 Å². The van der Waals surface area contributed by atoms with E-state index in [1.807, 2.05) is 18.2 Å². The Balaban J connectivity index is 2.42. The quantitative estimate of drug-likeness (QED) is 0.608. The Kier molecular flexibility index (Phi) is 1.92. The zero-order valence-corrected chi connectivity index (χ0v) is 8.14. The predicted octanol–water partition coefficient (Wildman–Crippen LogP) is 1.95. The number of nitrogens with one attached hydrogen (secondary N) is 1. The summed E-state index contributed by atoms with van der Waals surface area (Å²) in [6.45, 7) is 0.648. The number of rotatable bonds is 0. The van der Waals surface area contributed by atoms with E-state index in [1.54, 1.807) is 11.9 Å². The van der Waals surface area contributed by atoms with E-state index in [0.29, 0.717) is 6.54 Å². The van der Waals surface area contributed by atoms with Crippen LogP contribution in [0.4, 0.5) is 10.5 Å². The van der Waals surface area contributed by atoms with Gasteiger partial charge in [0.25, 0.3) is 0 Å². The number of nitrogens with zero attached hydrogens (tertiary/aromatic N) is 1. The highest BCUT2D eigenvalue weighted by Gasteiger charge is 2.18. The maximum absolute atomic E-state index is 11.2. The van der Waals surface area contributed by atoms with Crippen molar-refractivity contribution in [2.45, 2.75) is 11.4 Å². The second-order valence-corrected chi connectivity index (χ2v) is 3.64. The maximum atomic E-state index is 11.2. The largest absolute Gasteiger partial charge is 0.323 e. The molecule has 0 atom stereocenters. The summed E-state index contributed by atoms with van der Waals surface area (Å²) in [5.74, 6) is 0. The zero-order chi connectivity index (χ0) is 9.42. The highest BCUT2D eigenvalue weighted by molar-refractivity contribution is 7.80. The summed E-state index contributed by atoms with van der Waals surface area (Å²) in [6.07, 6.45) is 0. The van der Waals surface area contributed by atoms with Crippen molar-refractivity contribution in [1.82, 2.24) is 4.90 Å². The zero-order valence-electron chi connectivity index (χ0n) is 7.24. The topological polar surface area (TPSA) is 32.3 Å². The highest BCUT2D eigenvalue weighted by atomic mass is 32.1. The smallest absolute Gasteiger partial charge is 0.321 e. The Morgan fingerprint density at radius 2 is 2.31 bits per heavy atom. The molecule has 2 rings (SSSR count). The fraction of sp³-hybridized carbons (Fsp3) is 0.222. The molecule has 1 aromatic carbocycles. The summed E-state index contributed by atoms with van der Waals surface area (Å²) in [5.41, 5.74) is 2.00. The molecular weight excluding hydrogens is 184 g/mol. The summed E-state index contributed by atoms with van der Waals surface area (Å²) >= 11 is 4.24. The van der Waals surface area contributed by atoms with E-state index in [-0.39, 0.29) is 6.03 Å². The summed E-state index contributed by atoms with van der Waals surface area (Å²) in [4.78, 5) is 13.8. The van der Waals surface area contributed by atoms with Gasteiger partial charge in [-0.05, 0) is 23.8 Å². The number of amides is 2. The van der Waals surface area contributed by atoms with Gasteiger partial charge in [0, 0.05) is 24.2 Å². The summed E-state index contributed by atoms with van der Waals surface area (Å²) in [7, 11) is 1.77. The lowest BCUT2D eigenvalue weighted by Gasteiger charge is -2.25. The third kappa shape index (κ3) is 1.49. The van der Waals surface area contributed by atoms with Crippen LogP contribution in [0.2, 0.25) is 0 Å². The molecule has 68 valence electrons. The Morgan fingerprint density at radius 3 is 3.08 bits per heavy atom. The van der Waals surface area contributed by atoms with Crippen molar-refractivity contribution in [2.75, 3.05) is 12.4 Å². The first-order valence-electron chi connectivity index (χ1n) is 4.01. The molecule has 3 nitrogen and oxygen atoms in total. The van der Waals surface area contributed by atoms with E-state index < -0.39 is 0 Å². The lowest BCUT2D eigenvalue weighted by atomic mass is 10.1. The van der Waals surface area contributed by atoms with Crippen molar-refractivity contribution < 1.29 is 4.79 Å². The van der Waals surface area contributed by atoms with Crippen molar-refractivity contribution in [1.29, 1.82) is 0 Å². The van der Waals surface area contributed by atoms with E-state index in [2.05, 4.69) is 17.9 Å². The summed E-state index contributed by atoms with van der Waals surface area (Å²) in [6, 6.07) is 5.66. The molecule has 1 aliphatic rings. The van der Waals surface area contributed by atoms with Crippen molar-refractivity contribution in [3.05, 3.63) is 23.8 Å². The molecule has 0 aromatic heterocycles. The third-order valence-corrected chi connectivity index (χ3v) is 2.36. The molecule has 2 amide bonds. The van der Waals surface area contributed by atoms with Gasteiger partial charge < -0.3 is 10.2 Å². The van der Waals surface area contributed by atoms with Crippen LogP contribution >= 0.6 is 12.6 Å². The summed E-state index contributed by atoms with van der Waals surface area (Å²) in [5, 5.41) is 2.79. The van der Waals surface area contributed by atoms with Crippen LogP contribution in [-0.4, -0.2) is 18.0 Å². The fourth-order valence-corrected chi connectivity index (χ4v) is 1.60. The van der Waals surface area contributed by atoms with Gasteiger partial charge in [-0.1, -0.05) is 0 Å². The summed E-state index contributed by atoms with van der Waals surface area (Å²) < 4.78 is 0. The first-order valence-corrected chi connectivity index (χ1v) is 4.45. The second-order valence-electron chi connectivity index (χ2n) is 3.13. The van der Waals surface area contributed by atoms with Gasteiger partial charge in [-0.25, -0.2) is 4.79 Å². The molecule has 4 heteroatoms. The van der Waals surface area contributed by atoms with Crippen LogP contribution in [0.25, 0.3) is 0 Å². The average Bonchev–Trinajstić information content (AvgIpc) is 2.08. The molecule has 0 fully saturated rings. The van der Waals surface area contributed by atoms with Crippen LogP contribution in [0.1, 0.15) is 5.56 Å². The number of carbonyl (C=O) groups is 1. The second kappa shape index (κ2) is 2.96. The van der Waals surface area contributed by atoms with Crippen LogP contribution in [0.15, 0.2) is 23.1 Å². The van der Waals surface area contributed by atoms with E-state index in [0.717, 1.165) is 16.1 Å². The van der Waals surface area contributed by atoms with Crippen LogP contribution < -0.4 is 5.32 Å². The molecule has 0 radical (unpaired) electrons. The van der Waals surface area contributed by atoms with Crippen molar-refractivity contribution >= 4 is 24.3 Å². The van der Waals surface area contributed by atoms with Crippen LogP contribution in [0.3, 0.4) is 0 Å². The predicted molar refractivity (Wildman–Crippen MR) is 54.2 cm³/mol. The number of anilines is 1. The minimum absolute atomic E-state index is 0.0561. The third-order valence-electron chi connectivity index (χ3n) is 2.08. The van der Waals surface area contributed by atoms with Crippen molar-refractivity contribution in [3.8, 4) is 0 Å². The number of hydrogen-bond acceptors (Lipinski definition) is 2. The SMILES string of the molecule is CN1Cc2cc(S)ccc2NC1=O. The van der Waals surface area contributed by atoms with Gasteiger partial charge in [0.15, 0.2) is 0 Å². The molecule has 1 N–H and O–H groups in total. The Morgan fingerprint density at radius 1 is 1.54 bits per heavy atom. The van der Waals surface area contributed by atoms with Crippen molar-refractivity contribution in [2.24, 2.45) is 0 Å². The normalized spacial score (nSPS) is 15.2. The lowest BCUT2D eigenvalue weighted by molar-refractivity contribution is 0.218. The molecule has 0 unspecified atom stereocenters. The monoisotopic (exact) mass is 194 g/mol. The minimum atomic E-state index is -0.0561. The first kappa shape index (κ1) is 8.44. The standard InChI is InChI=1S/C9H10N2OS/c1-11-5-6-4-7(13)2-3-8(6)10-9(11)12/h2-4,13H,5H2,1H3,(H,10,12). The number of fused-ring (bicyclic) bond motifs is 1. The average molecular weight is 194 g/mol. The van der Waals surface area contributed by atoms with Gasteiger partial charge in [0.2, 0.25) is 0 Å². The van der Waals surface area contributed by atoms with Gasteiger partial charge in [-0.3, -0.25) is 0 Å². The number of thiol groups is 1. The Labute approximate surface area is 82.1 Å². The maximum Gasteiger partial charge on any atom is 0.321 e. The fourth-order valence-electron chi connectivity index (χ4n) is 1.37. The minimum Gasteiger partial charge on any atom is -0.323 e. The molecule has 1 heterocycles.